The maximum Gasteiger partial charge on any atom is 0.241 e. The van der Waals surface area contributed by atoms with Gasteiger partial charge >= 0.3 is 0 Å². The predicted molar refractivity (Wildman–Crippen MR) is 69.4 cm³/mol. The van der Waals surface area contributed by atoms with Crippen molar-refractivity contribution < 1.29 is 9.59 Å². The average Bonchev–Trinajstić information content (AvgIpc) is 2.98. The molecule has 1 aromatic heterocycles. The Hall–Kier alpha value is -1.36. The first-order chi connectivity index (χ1) is 8.66. The Morgan fingerprint density at radius 3 is 2.94 bits per heavy atom. The van der Waals surface area contributed by atoms with Gasteiger partial charge in [-0.05, 0) is 34.7 Å². The number of hydrogen-bond donors (Lipinski definition) is 0. The molecule has 1 saturated heterocycles. The molecule has 0 N–H and O–H groups in total. The van der Waals surface area contributed by atoms with Crippen molar-refractivity contribution in [3.63, 3.8) is 0 Å². The van der Waals surface area contributed by atoms with Crippen LogP contribution in [0.2, 0.25) is 0 Å². The summed E-state index contributed by atoms with van der Waals surface area (Å²) < 4.78 is 0. The number of nitrogens with zero attached hydrogens (tertiary/aromatic N) is 2. The number of thiophene rings is 1. The Morgan fingerprint density at radius 1 is 1.44 bits per heavy atom. The lowest BCUT2D eigenvalue weighted by molar-refractivity contribution is -0.144. The lowest BCUT2D eigenvalue weighted by Gasteiger charge is -2.32. The van der Waals surface area contributed by atoms with E-state index in [1.165, 1.54) is 5.56 Å². The summed E-state index contributed by atoms with van der Waals surface area (Å²) in [5.41, 5.74) is 1.28. The van der Waals surface area contributed by atoms with Gasteiger partial charge < -0.3 is 9.80 Å². The zero-order valence-corrected chi connectivity index (χ0v) is 11.2. The minimum absolute atomic E-state index is 0.0438. The summed E-state index contributed by atoms with van der Waals surface area (Å²) >= 11 is 1.67. The van der Waals surface area contributed by atoms with E-state index in [4.69, 9.17) is 0 Å². The van der Waals surface area contributed by atoms with Crippen LogP contribution in [0.5, 0.6) is 0 Å². The molecule has 1 aromatic rings. The molecule has 2 heterocycles. The summed E-state index contributed by atoms with van der Waals surface area (Å²) in [6.45, 7) is 1.58. The minimum atomic E-state index is 0.0438. The molecule has 1 aliphatic carbocycles. The second-order valence-corrected chi connectivity index (χ2v) is 5.86. The van der Waals surface area contributed by atoms with Gasteiger partial charge in [-0.25, -0.2) is 0 Å². The molecule has 0 spiro atoms. The van der Waals surface area contributed by atoms with Crippen molar-refractivity contribution in [2.24, 2.45) is 5.92 Å². The predicted octanol–water partition coefficient (Wildman–Crippen LogP) is 1.15. The first kappa shape index (κ1) is 11.7. The van der Waals surface area contributed by atoms with Crippen molar-refractivity contribution in [3.8, 4) is 0 Å². The Balaban J connectivity index is 1.62. The standard InChI is InChI=1S/C13H16N2O2S/c1-14-3-4-15(7-12(14)16)13(17)11-6-10(11)9-2-5-18-8-9/h2,5,8,10-11H,3-4,6-7H2,1H3/t10-,11+/m0/s1. The Labute approximate surface area is 110 Å². The zero-order chi connectivity index (χ0) is 12.7. The fraction of sp³-hybridized carbons (Fsp3) is 0.538. The second kappa shape index (κ2) is 4.39. The normalized spacial score (nSPS) is 27.5. The highest BCUT2D eigenvalue weighted by Gasteiger charge is 2.46. The third-order valence-corrected chi connectivity index (χ3v) is 4.55. The van der Waals surface area contributed by atoms with Crippen LogP contribution in [0.4, 0.5) is 0 Å². The molecule has 2 atom stereocenters. The summed E-state index contributed by atoms with van der Waals surface area (Å²) in [5.74, 6) is 0.698. The van der Waals surface area contributed by atoms with Crippen LogP contribution in [0, 0.1) is 5.92 Å². The molecule has 2 aliphatic rings. The van der Waals surface area contributed by atoms with Crippen LogP contribution < -0.4 is 0 Å². The summed E-state index contributed by atoms with van der Waals surface area (Å²) in [6, 6.07) is 2.09. The van der Waals surface area contributed by atoms with E-state index in [1.807, 2.05) is 0 Å². The zero-order valence-electron chi connectivity index (χ0n) is 10.3. The smallest absolute Gasteiger partial charge is 0.241 e. The maximum absolute atomic E-state index is 12.3. The number of hydrogen-bond acceptors (Lipinski definition) is 3. The van der Waals surface area contributed by atoms with Gasteiger partial charge in [0.2, 0.25) is 11.8 Å². The number of amides is 2. The Bertz CT molecular complexity index is 471. The molecule has 2 fully saturated rings. The van der Waals surface area contributed by atoms with Crippen molar-refractivity contribution in [2.45, 2.75) is 12.3 Å². The fourth-order valence-corrected chi connectivity index (χ4v) is 3.23. The summed E-state index contributed by atoms with van der Waals surface area (Å²) in [7, 11) is 1.79. The molecule has 2 amide bonds. The highest BCUT2D eigenvalue weighted by atomic mass is 32.1. The molecule has 1 aliphatic heterocycles. The van der Waals surface area contributed by atoms with E-state index in [1.54, 1.807) is 28.2 Å². The number of likely N-dealkylation sites (N-methyl/N-ethyl adjacent to an activating group) is 1. The van der Waals surface area contributed by atoms with E-state index >= 15 is 0 Å². The highest BCUT2D eigenvalue weighted by molar-refractivity contribution is 7.08. The van der Waals surface area contributed by atoms with E-state index in [2.05, 4.69) is 16.8 Å². The molecule has 0 radical (unpaired) electrons. The van der Waals surface area contributed by atoms with Crippen LogP contribution in [-0.2, 0) is 9.59 Å². The molecule has 0 unspecified atom stereocenters. The number of carbonyl (C=O) groups excluding carboxylic acids is 2. The van der Waals surface area contributed by atoms with Crippen LogP contribution in [0.25, 0.3) is 0 Å². The topological polar surface area (TPSA) is 40.6 Å². The van der Waals surface area contributed by atoms with E-state index in [-0.39, 0.29) is 24.3 Å². The monoisotopic (exact) mass is 264 g/mol. The lowest BCUT2D eigenvalue weighted by atomic mass is 10.1. The molecule has 5 heteroatoms. The third-order valence-electron chi connectivity index (χ3n) is 3.85. The van der Waals surface area contributed by atoms with Gasteiger partial charge in [0.05, 0.1) is 6.54 Å². The Morgan fingerprint density at radius 2 is 2.28 bits per heavy atom. The largest absolute Gasteiger partial charge is 0.342 e. The third kappa shape index (κ3) is 2.03. The van der Waals surface area contributed by atoms with E-state index in [9.17, 15) is 9.59 Å². The van der Waals surface area contributed by atoms with Gasteiger partial charge in [0.15, 0.2) is 0 Å². The average molecular weight is 264 g/mol. The molecule has 96 valence electrons. The molecule has 4 nitrogen and oxygen atoms in total. The summed E-state index contributed by atoms with van der Waals surface area (Å²) in [5, 5.41) is 4.17. The van der Waals surface area contributed by atoms with Crippen LogP contribution in [-0.4, -0.2) is 48.3 Å². The molecule has 18 heavy (non-hydrogen) atoms. The van der Waals surface area contributed by atoms with Crippen molar-refractivity contribution in [3.05, 3.63) is 22.4 Å². The van der Waals surface area contributed by atoms with Gasteiger partial charge in [-0.2, -0.15) is 11.3 Å². The van der Waals surface area contributed by atoms with Gasteiger partial charge in [-0.3, -0.25) is 9.59 Å². The van der Waals surface area contributed by atoms with Crippen molar-refractivity contribution in [2.75, 3.05) is 26.7 Å². The molecular weight excluding hydrogens is 248 g/mol. The molecule has 3 rings (SSSR count). The second-order valence-electron chi connectivity index (χ2n) is 5.08. The number of carbonyl (C=O) groups is 2. The van der Waals surface area contributed by atoms with Crippen molar-refractivity contribution in [1.29, 1.82) is 0 Å². The number of rotatable bonds is 2. The van der Waals surface area contributed by atoms with Gasteiger partial charge in [0.25, 0.3) is 0 Å². The first-order valence-corrected chi connectivity index (χ1v) is 7.16. The lowest BCUT2D eigenvalue weighted by Crippen LogP contribution is -2.51. The fourth-order valence-electron chi connectivity index (χ4n) is 2.50. The maximum atomic E-state index is 12.3. The van der Waals surface area contributed by atoms with Gasteiger partial charge in [0.1, 0.15) is 0 Å². The van der Waals surface area contributed by atoms with Crippen molar-refractivity contribution in [1.82, 2.24) is 9.80 Å². The van der Waals surface area contributed by atoms with Crippen LogP contribution in [0.3, 0.4) is 0 Å². The van der Waals surface area contributed by atoms with E-state index < -0.39 is 0 Å². The molecule has 0 bridgehead atoms. The van der Waals surface area contributed by atoms with Crippen molar-refractivity contribution >= 4 is 23.2 Å². The van der Waals surface area contributed by atoms with Gasteiger partial charge in [-0.15, -0.1) is 0 Å². The van der Waals surface area contributed by atoms with Crippen LogP contribution >= 0.6 is 11.3 Å². The highest BCUT2D eigenvalue weighted by Crippen LogP contribution is 2.49. The molecule has 0 aromatic carbocycles. The molecule has 1 saturated carbocycles. The molecular formula is C13H16N2O2S. The Kier molecular flexibility index (Phi) is 2.86. The van der Waals surface area contributed by atoms with Crippen LogP contribution in [0.1, 0.15) is 17.9 Å². The summed E-state index contributed by atoms with van der Waals surface area (Å²) in [6.07, 6.45) is 0.941. The SMILES string of the molecule is CN1CCN(C(=O)[C@@H]2C[C@H]2c2ccsc2)CC1=O. The van der Waals surface area contributed by atoms with Crippen LogP contribution in [0.15, 0.2) is 16.8 Å². The van der Waals surface area contributed by atoms with Gasteiger partial charge in [0, 0.05) is 26.1 Å². The van der Waals surface area contributed by atoms with Gasteiger partial charge in [-0.1, -0.05) is 0 Å². The van der Waals surface area contributed by atoms with E-state index in [0.717, 1.165) is 6.42 Å². The first-order valence-electron chi connectivity index (χ1n) is 6.21. The minimum Gasteiger partial charge on any atom is -0.342 e. The quantitative estimate of drug-likeness (QED) is 0.804. The summed E-state index contributed by atoms with van der Waals surface area (Å²) in [4.78, 5) is 27.3. The number of piperazine rings is 1. The van der Waals surface area contributed by atoms with E-state index in [0.29, 0.717) is 19.0 Å².